The summed E-state index contributed by atoms with van der Waals surface area (Å²) in [5.41, 5.74) is 0. The van der Waals surface area contributed by atoms with E-state index in [0.29, 0.717) is 0 Å². The minimum atomic E-state index is 0.762. The highest BCUT2D eigenvalue weighted by Crippen LogP contribution is 2.05. The van der Waals surface area contributed by atoms with Crippen LogP contribution < -0.4 is 5.32 Å². The lowest BCUT2D eigenvalue weighted by Gasteiger charge is -2.07. The van der Waals surface area contributed by atoms with E-state index in [9.17, 15) is 0 Å². The molecule has 0 aliphatic rings. The first-order valence-electron chi connectivity index (χ1n) is 3.89. The SMILES string of the molecule is C#CCCCC(C)CNC. The zero-order valence-electron chi connectivity index (χ0n) is 6.98. The third-order valence-electron chi connectivity index (χ3n) is 1.57. The van der Waals surface area contributed by atoms with Crippen LogP contribution in [-0.2, 0) is 0 Å². The van der Waals surface area contributed by atoms with Gasteiger partial charge < -0.3 is 5.32 Å². The molecule has 0 radical (unpaired) electrons. The van der Waals surface area contributed by atoms with Crippen LogP contribution in [0.5, 0.6) is 0 Å². The molecule has 1 unspecified atom stereocenters. The van der Waals surface area contributed by atoms with Crippen LogP contribution in [-0.4, -0.2) is 13.6 Å². The smallest absolute Gasteiger partial charge is 0.00861 e. The second kappa shape index (κ2) is 6.64. The maximum atomic E-state index is 5.12. The van der Waals surface area contributed by atoms with E-state index in [0.717, 1.165) is 18.9 Å². The Labute approximate surface area is 64.2 Å². The molecule has 1 N–H and O–H groups in total. The second-order valence-electron chi connectivity index (χ2n) is 2.76. The first kappa shape index (κ1) is 9.52. The normalized spacial score (nSPS) is 12.5. The number of unbranched alkanes of at least 4 members (excludes halogenated alkanes) is 1. The van der Waals surface area contributed by atoms with Crippen molar-refractivity contribution in [3.63, 3.8) is 0 Å². The lowest BCUT2D eigenvalue weighted by Crippen LogP contribution is -2.15. The molecule has 1 atom stereocenters. The van der Waals surface area contributed by atoms with E-state index >= 15 is 0 Å². The number of hydrogen-bond donors (Lipinski definition) is 1. The van der Waals surface area contributed by atoms with Crippen LogP contribution in [0.15, 0.2) is 0 Å². The fourth-order valence-electron chi connectivity index (χ4n) is 1.00. The van der Waals surface area contributed by atoms with Gasteiger partial charge in [0.1, 0.15) is 0 Å². The molecule has 58 valence electrons. The number of rotatable bonds is 5. The van der Waals surface area contributed by atoms with Gasteiger partial charge in [-0.25, -0.2) is 0 Å². The van der Waals surface area contributed by atoms with E-state index in [-0.39, 0.29) is 0 Å². The van der Waals surface area contributed by atoms with Crippen LogP contribution in [0.1, 0.15) is 26.2 Å². The highest BCUT2D eigenvalue weighted by Gasteiger charge is 1.97. The fraction of sp³-hybridized carbons (Fsp3) is 0.778. The fourth-order valence-corrected chi connectivity index (χ4v) is 1.00. The van der Waals surface area contributed by atoms with Crippen molar-refractivity contribution in [1.29, 1.82) is 0 Å². The molecule has 0 saturated carbocycles. The van der Waals surface area contributed by atoms with Crippen molar-refractivity contribution in [3.8, 4) is 12.3 Å². The summed E-state index contributed by atoms with van der Waals surface area (Å²) < 4.78 is 0. The van der Waals surface area contributed by atoms with Crippen LogP contribution >= 0.6 is 0 Å². The van der Waals surface area contributed by atoms with Crippen molar-refractivity contribution in [2.24, 2.45) is 5.92 Å². The Morgan fingerprint density at radius 1 is 1.60 bits per heavy atom. The summed E-state index contributed by atoms with van der Waals surface area (Å²) in [5.74, 6) is 3.41. The maximum absolute atomic E-state index is 5.12. The van der Waals surface area contributed by atoms with Gasteiger partial charge in [-0.15, -0.1) is 12.3 Å². The van der Waals surface area contributed by atoms with E-state index in [1.54, 1.807) is 0 Å². The highest BCUT2D eigenvalue weighted by molar-refractivity contribution is 4.83. The summed E-state index contributed by atoms with van der Waals surface area (Å²) in [6.45, 7) is 3.34. The van der Waals surface area contributed by atoms with Crippen molar-refractivity contribution in [1.82, 2.24) is 5.32 Å². The van der Waals surface area contributed by atoms with E-state index in [1.807, 2.05) is 7.05 Å². The molecule has 0 saturated heterocycles. The molecule has 0 aromatic carbocycles. The average molecular weight is 139 g/mol. The summed E-state index contributed by atoms with van der Waals surface area (Å²) in [6.07, 6.45) is 8.45. The van der Waals surface area contributed by atoms with E-state index < -0.39 is 0 Å². The van der Waals surface area contributed by atoms with Crippen LogP contribution in [0.3, 0.4) is 0 Å². The van der Waals surface area contributed by atoms with Crippen LogP contribution in [0.25, 0.3) is 0 Å². The van der Waals surface area contributed by atoms with E-state index in [4.69, 9.17) is 6.42 Å². The first-order valence-corrected chi connectivity index (χ1v) is 3.89. The van der Waals surface area contributed by atoms with Gasteiger partial charge >= 0.3 is 0 Å². The lowest BCUT2D eigenvalue weighted by molar-refractivity contribution is 0.490. The van der Waals surface area contributed by atoms with Crippen molar-refractivity contribution in [3.05, 3.63) is 0 Å². The molecular formula is C9H17N. The van der Waals surface area contributed by atoms with Gasteiger partial charge in [0.15, 0.2) is 0 Å². The predicted molar refractivity (Wildman–Crippen MR) is 45.8 cm³/mol. The molecule has 0 bridgehead atoms. The topological polar surface area (TPSA) is 12.0 Å². The Kier molecular flexibility index (Phi) is 6.32. The molecule has 0 spiro atoms. The van der Waals surface area contributed by atoms with Crippen LogP contribution in [0.4, 0.5) is 0 Å². The standard InChI is InChI=1S/C9H17N/c1-4-5-6-7-9(2)8-10-3/h1,9-10H,5-8H2,2-3H3. The van der Waals surface area contributed by atoms with Crippen LogP contribution in [0, 0.1) is 18.3 Å². The van der Waals surface area contributed by atoms with Gasteiger partial charge in [-0.1, -0.05) is 6.92 Å². The predicted octanol–water partition coefficient (Wildman–Crippen LogP) is 1.65. The number of terminal acetylenes is 1. The zero-order chi connectivity index (χ0) is 7.82. The van der Waals surface area contributed by atoms with E-state index in [2.05, 4.69) is 18.2 Å². The van der Waals surface area contributed by atoms with Crippen molar-refractivity contribution < 1.29 is 0 Å². The molecule has 0 heterocycles. The molecular weight excluding hydrogens is 122 g/mol. The molecule has 0 aromatic heterocycles. The minimum Gasteiger partial charge on any atom is -0.319 e. The summed E-state index contributed by atoms with van der Waals surface area (Å²) in [4.78, 5) is 0. The highest BCUT2D eigenvalue weighted by atomic mass is 14.8. The zero-order valence-corrected chi connectivity index (χ0v) is 6.98. The monoisotopic (exact) mass is 139 g/mol. The van der Waals surface area contributed by atoms with Crippen LogP contribution in [0.2, 0.25) is 0 Å². The quantitative estimate of drug-likeness (QED) is 0.451. The Hall–Kier alpha value is -0.480. The Balaban J connectivity index is 3.06. The maximum Gasteiger partial charge on any atom is 0.00861 e. The molecule has 0 aliphatic carbocycles. The van der Waals surface area contributed by atoms with Crippen molar-refractivity contribution >= 4 is 0 Å². The third-order valence-corrected chi connectivity index (χ3v) is 1.57. The van der Waals surface area contributed by atoms with Gasteiger partial charge in [-0.3, -0.25) is 0 Å². The molecule has 1 nitrogen and oxygen atoms in total. The Morgan fingerprint density at radius 2 is 2.30 bits per heavy atom. The molecule has 0 aromatic rings. The summed E-state index contributed by atoms with van der Waals surface area (Å²) in [7, 11) is 1.98. The van der Waals surface area contributed by atoms with Gasteiger partial charge in [0, 0.05) is 6.42 Å². The number of hydrogen-bond acceptors (Lipinski definition) is 1. The largest absolute Gasteiger partial charge is 0.319 e. The lowest BCUT2D eigenvalue weighted by atomic mass is 10.0. The summed E-state index contributed by atoms with van der Waals surface area (Å²) in [6, 6.07) is 0. The molecule has 0 aliphatic heterocycles. The van der Waals surface area contributed by atoms with Gasteiger partial charge in [0.2, 0.25) is 0 Å². The van der Waals surface area contributed by atoms with Crippen molar-refractivity contribution in [2.45, 2.75) is 26.2 Å². The Bertz CT molecular complexity index is 102. The van der Waals surface area contributed by atoms with Gasteiger partial charge in [0.25, 0.3) is 0 Å². The summed E-state index contributed by atoms with van der Waals surface area (Å²) >= 11 is 0. The molecule has 10 heavy (non-hydrogen) atoms. The second-order valence-corrected chi connectivity index (χ2v) is 2.76. The summed E-state index contributed by atoms with van der Waals surface area (Å²) in [5, 5.41) is 3.14. The van der Waals surface area contributed by atoms with Gasteiger partial charge in [0.05, 0.1) is 0 Å². The molecule has 1 heteroatoms. The molecule has 0 rings (SSSR count). The number of nitrogens with one attached hydrogen (secondary N) is 1. The third kappa shape index (κ3) is 5.65. The molecule has 0 fully saturated rings. The first-order chi connectivity index (χ1) is 4.81. The van der Waals surface area contributed by atoms with Crippen molar-refractivity contribution in [2.75, 3.05) is 13.6 Å². The average Bonchev–Trinajstić information content (AvgIpc) is 1.89. The van der Waals surface area contributed by atoms with E-state index in [1.165, 1.54) is 12.8 Å². The Morgan fingerprint density at radius 3 is 2.80 bits per heavy atom. The van der Waals surface area contributed by atoms with Gasteiger partial charge in [-0.2, -0.15) is 0 Å². The van der Waals surface area contributed by atoms with Gasteiger partial charge in [-0.05, 0) is 32.4 Å². The molecule has 0 amide bonds. The minimum absolute atomic E-state index is 0.762.